The third kappa shape index (κ3) is 1.69. The van der Waals surface area contributed by atoms with Gasteiger partial charge in [0.05, 0.1) is 6.26 Å². The fourth-order valence-electron chi connectivity index (χ4n) is 2.22. The maximum atomic E-state index is 10.5. The minimum atomic E-state index is -0.684. The highest BCUT2D eigenvalue weighted by Gasteiger charge is 2.17. The number of rotatable bonds is 2. The van der Waals surface area contributed by atoms with Crippen molar-refractivity contribution >= 4 is 10.8 Å². The molecule has 90 valence electrons. The third-order valence-corrected chi connectivity index (χ3v) is 3.21. The summed E-state index contributed by atoms with van der Waals surface area (Å²) in [6.07, 6.45) is 4.44. The van der Waals surface area contributed by atoms with Crippen LogP contribution in [0.2, 0.25) is 0 Å². The van der Waals surface area contributed by atoms with Crippen molar-refractivity contribution in [2.45, 2.75) is 13.0 Å². The number of aryl methyl sites for hydroxylation is 1. The molecule has 0 aliphatic rings. The minimum Gasteiger partial charge on any atom is -0.469 e. The predicted octanol–water partition coefficient (Wildman–Crippen LogP) is 3.22. The lowest BCUT2D eigenvalue weighted by molar-refractivity contribution is 0.219. The van der Waals surface area contributed by atoms with Crippen LogP contribution in [0, 0.1) is 6.92 Å². The van der Waals surface area contributed by atoms with E-state index in [9.17, 15) is 5.11 Å². The summed E-state index contributed by atoms with van der Waals surface area (Å²) in [5.41, 5.74) is 1.65. The maximum absolute atomic E-state index is 10.5. The lowest BCUT2D eigenvalue weighted by atomic mass is 9.97. The Morgan fingerprint density at radius 3 is 2.83 bits per heavy atom. The van der Waals surface area contributed by atoms with Crippen LogP contribution in [-0.4, -0.2) is 10.1 Å². The van der Waals surface area contributed by atoms with E-state index in [1.165, 1.54) is 0 Å². The molecule has 0 bridgehead atoms. The van der Waals surface area contributed by atoms with Crippen LogP contribution in [0.25, 0.3) is 10.8 Å². The monoisotopic (exact) mass is 239 g/mol. The first-order chi connectivity index (χ1) is 8.77. The van der Waals surface area contributed by atoms with Gasteiger partial charge in [-0.2, -0.15) is 0 Å². The molecule has 1 atom stereocenters. The predicted molar refractivity (Wildman–Crippen MR) is 69.2 cm³/mol. The standard InChI is InChI=1S/C15H13NO2/c1-10-12(6-8-18-10)15(17)13-4-2-3-11-5-7-16-9-14(11)13/h2-9,15,17H,1H3. The number of aliphatic hydroxyl groups excluding tert-OH is 1. The summed E-state index contributed by atoms with van der Waals surface area (Å²) in [4.78, 5) is 4.13. The Bertz CT molecular complexity index is 682. The SMILES string of the molecule is Cc1occc1C(O)c1cccc2ccncc12. The smallest absolute Gasteiger partial charge is 0.108 e. The summed E-state index contributed by atoms with van der Waals surface area (Å²) >= 11 is 0. The number of hydrogen-bond acceptors (Lipinski definition) is 3. The molecule has 0 amide bonds. The number of pyridine rings is 1. The molecule has 18 heavy (non-hydrogen) atoms. The average Bonchev–Trinajstić information content (AvgIpc) is 2.83. The number of aliphatic hydroxyl groups is 1. The van der Waals surface area contributed by atoms with Gasteiger partial charge >= 0.3 is 0 Å². The molecule has 0 aliphatic heterocycles. The second kappa shape index (κ2) is 4.27. The van der Waals surface area contributed by atoms with Gasteiger partial charge in [0.2, 0.25) is 0 Å². The second-order valence-electron chi connectivity index (χ2n) is 4.28. The molecule has 0 fully saturated rings. The molecular formula is C15H13NO2. The fourth-order valence-corrected chi connectivity index (χ4v) is 2.22. The Kier molecular flexibility index (Phi) is 2.61. The minimum absolute atomic E-state index is 0.684. The van der Waals surface area contributed by atoms with Crippen LogP contribution in [0.1, 0.15) is 23.0 Å². The topological polar surface area (TPSA) is 46.3 Å². The van der Waals surface area contributed by atoms with E-state index in [1.54, 1.807) is 24.7 Å². The van der Waals surface area contributed by atoms with E-state index in [0.29, 0.717) is 0 Å². The van der Waals surface area contributed by atoms with Crippen molar-refractivity contribution in [3.63, 3.8) is 0 Å². The molecular weight excluding hydrogens is 226 g/mol. The van der Waals surface area contributed by atoms with Crippen LogP contribution in [-0.2, 0) is 0 Å². The molecule has 1 N–H and O–H groups in total. The first-order valence-electron chi connectivity index (χ1n) is 5.82. The Morgan fingerprint density at radius 1 is 1.17 bits per heavy atom. The van der Waals surface area contributed by atoms with Crippen molar-refractivity contribution in [1.29, 1.82) is 0 Å². The third-order valence-electron chi connectivity index (χ3n) is 3.21. The molecule has 0 aliphatic carbocycles. The first kappa shape index (κ1) is 11.0. The average molecular weight is 239 g/mol. The largest absolute Gasteiger partial charge is 0.469 e. The van der Waals surface area contributed by atoms with Crippen molar-refractivity contribution in [2.24, 2.45) is 0 Å². The quantitative estimate of drug-likeness (QED) is 0.746. The van der Waals surface area contributed by atoms with Crippen LogP contribution in [0.15, 0.2) is 53.4 Å². The zero-order valence-corrected chi connectivity index (χ0v) is 10.00. The molecule has 0 radical (unpaired) electrons. The fraction of sp³-hybridized carbons (Fsp3) is 0.133. The van der Waals surface area contributed by atoms with Crippen LogP contribution < -0.4 is 0 Å². The summed E-state index contributed by atoms with van der Waals surface area (Å²) in [5, 5.41) is 12.5. The van der Waals surface area contributed by atoms with Gasteiger partial charge in [-0.15, -0.1) is 0 Å². The first-order valence-corrected chi connectivity index (χ1v) is 5.82. The molecule has 3 nitrogen and oxygen atoms in total. The van der Waals surface area contributed by atoms with Crippen LogP contribution in [0.5, 0.6) is 0 Å². The van der Waals surface area contributed by atoms with E-state index in [2.05, 4.69) is 4.98 Å². The highest BCUT2D eigenvalue weighted by atomic mass is 16.3. The molecule has 3 aromatic rings. The van der Waals surface area contributed by atoms with Crippen molar-refractivity contribution < 1.29 is 9.52 Å². The van der Waals surface area contributed by atoms with E-state index >= 15 is 0 Å². The number of furan rings is 1. The van der Waals surface area contributed by atoms with E-state index in [0.717, 1.165) is 27.7 Å². The summed E-state index contributed by atoms with van der Waals surface area (Å²) in [7, 11) is 0. The van der Waals surface area contributed by atoms with Gasteiger partial charge in [0.15, 0.2) is 0 Å². The molecule has 0 spiro atoms. The molecule has 1 aromatic carbocycles. The lowest BCUT2D eigenvalue weighted by Crippen LogP contribution is -2.00. The van der Waals surface area contributed by atoms with Gasteiger partial charge < -0.3 is 9.52 Å². The lowest BCUT2D eigenvalue weighted by Gasteiger charge is -2.12. The Hall–Kier alpha value is -2.13. The van der Waals surface area contributed by atoms with Crippen molar-refractivity contribution in [3.05, 3.63) is 65.9 Å². The zero-order chi connectivity index (χ0) is 12.5. The van der Waals surface area contributed by atoms with Gasteiger partial charge in [-0.3, -0.25) is 4.98 Å². The van der Waals surface area contributed by atoms with Gasteiger partial charge in [-0.05, 0) is 30.0 Å². The van der Waals surface area contributed by atoms with E-state index in [1.807, 2.05) is 31.2 Å². The van der Waals surface area contributed by atoms with Gasteiger partial charge in [0, 0.05) is 23.3 Å². The number of aromatic nitrogens is 1. The molecule has 0 saturated carbocycles. The summed E-state index contributed by atoms with van der Waals surface area (Å²) in [6.45, 7) is 1.85. The normalized spacial score (nSPS) is 12.8. The Balaban J connectivity index is 2.18. The highest BCUT2D eigenvalue weighted by Crippen LogP contribution is 2.30. The van der Waals surface area contributed by atoms with Crippen LogP contribution in [0.3, 0.4) is 0 Å². The molecule has 3 heteroatoms. The van der Waals surface area contributed by atoms with Gasteiger partial charge in [-0.1, -0.05) is 18.2 Å². The summed E-state index contributed by atoms with van der Waals surface area (Å²) in [5.74, 6) is 0.739. The molecule has 2 heterocycles. The number of nitrogens with zero attached hydrogens (tertiary/aromatic N) is 1. The van der Waals surface area contributed by atoms with Crippen LogP contribution in [0.4, 0.5) is 0 Å². The number of hydrogen-bond donors (Lipinski definition) is 1. The summed E-state index contributed by atoms with van der Waals surface area (Å²) < 4.78 is 5.24. The van der Waals surface area contributed by atoms with Gasteiger partial charge in [0.25, 0.3) is 0 Å². The van der Waals surface area contributed by atoms with Crippen molar-refractivity contribution in [2.75, 3.05) is 0 Å². The van der Waals surface area contributed by atoms with E-state index in [-0.39, 0.29) is 0 Å². The number of benzene rings is 1. The molecule has 2 aromatic heterocycles. The van der Waals surface area contributed by atoms with E-state index < -0.39 is 6.10 Å². The maximum Gasteiger partial charge on any atom is 0.108 e. The van der Waals surface area contributed by atoms with Gasteiger partial charge in [-0.25, -0.2) is 0 Å². The Morgan fingerprint density at radius 2 is 2.06 bits per heavy atom. The second-order valence-corrected chi connectivity index (χ2v) is 4.28. The summed E-state index contributed by atoms with van der Waals surface area (Å²) in [6, 6.07) is 9.61. The van der Waals surface area contributed by atoms with Gasteiger partial charge in [0.1, 0.15) is 11.9 Å². The zero-order valence-electron chi connectivity index (χ0n) is 10.00. The van der Waals surface area contributed by atoms with Crippen molar-refractivity contribution in [1.82, 2.24) is 4.98 Å². The molecule has 1 unspecified atom stereocenters. The molecule has 3 rings (SSSR count). The highest BCUT2D eigenvalue weighted by molar-refractivity contribution is 5.85. The Labute approximate surface area is 105 Å². The van der Waals surface area contributed by atoms with E-state index in [4.69, 9.17) is 4.42 Å². The number of fused-ring (bicyclic) bond motifs is 1. The van der Waals surface area contributed by atoms with Crippen LogP contribution >= 0.6 is 0 Å². The molecule has 0 saturated heterocycles. The van der Waals surface area contributed by atoms with Crippen molar-refractivity contribution in [3.8, 4) is 0 Å².